The van der Waals surface area contributed by atoms with Crippen LogP contribution >= 0.6 is 11.8 Å². The highest BCUT2D eigenvalue weighted by atomic mass is 32.2. The summed E-state index contributed by atoms with van der Waals surface area (Å²) >= 11 is 2.07. The van der Waals surface area contributed by atoms with Crippen molar-refractivity contribution >= 4 is 11.8 Å². The van der Waals surface area contributed by atoms with Crippen molar-refractivity contribution in [2.45, 2.75) is 58.5 Å². The molecule has 90 valence electrons. The molecule has 1 fully saturated rings. The summed E-state index contributed by atoms with van der Waals surface area (Å²) in [6.45, 7) is 4.49. The standard InChI is InChI=1S/C13H26OS/c1-3-4-11(2)9-13(14)10-12-5-7-15-8-6-12/h11-14H,3-10H2,1-2H3. The second-order valence-electron chi connectivity index (χ2n) is 5.07. The van der Waals surface area contributed by atoms with Crippen molar-refractivity contribution in [1.82, 2.24) is 0 Å². The molecule has 2 unspecified atom stereocenters. The van der Waals surface area contributed by atoms with Gasteiger partial charge in [0.2, 0.25) is 0 Å². The van der Waals surface area contributed by atoms with Crippen molar-refractivity contribution in [3.63, 3.8) is 0 Å². The van der Waals surface area contributed by atoms with Crippen LogP contribution in [0.3, 0.4) is 0 Å². The molecule has 1 aliphatic heterocycles. The van der Waals surface area contributed by atoms with E-state index in [0.717, 1.165) is 18.8 Å². The van der Waals surface area contributed by atoms with Gasteiger partial charge in [0, 0.05) is 0 Å². The molecule has 1 saturated heterocycles. The van der Waals surface area contributed by atoms with Crippen molar-refractivity contribution in [3.8, 4) is 0 Å². The number of rotatable bonds is 6. The van der Waals surface area contributed by atoms with Gasteiger partial charge in [0.15, 0.2) is 0 Å². The van der Waals surface area contributed by atoms with E-state index >= 15 is 0 Å². The first-order valence-electron chi connectivity index (χ1n) is 6.48. The minimum atomic E-state index is -0.0420. The first-order chi connectivity index (χ1) is 7.22. The minimum Gasteiger partial charge on any atom is -0.393 e. The van der Waals surface area contributed by atoms with Crippen LogP contribution in [0, 0.1) is 11.8 Å². The maximum Gasteiger partial charge on any atom is 0.0545 e. The minimum absolute atomic E-state index is 0.0420. The lowest BCUT2D eigenvalue weighted by Crippen LogP contribution is -2.19. The highest BCUT2D eigenvalue weighted by Gasteiger charge is 2.18. The van der Waals surface area contributed by atoms with Gasteiger partial charge in [0.05, 0.1) is 6.10 Å². The van der Waals surface area contributed by atoms with E-state index in [1.807, 2.05) is 0 Å². The second-order valence-corrected chi connectivity index (χ2v) is 6.30. The van der Waals surface area contributed by atoms with Crippen LogP contribution in [0.4, 0.5) is 0 Å². The maximum atomic E-state index is 9.99. The van der Waals surface area contributed by atoms with E-state index in [2.05, 4.69) is 25.6 Å². The molecule has 0 aromatic rings. The highest BCUT2D eigenvalue weighted by molar-refractivity contribution is 7.99. The van der Waals surface area contributed by atoms with E-state index in [1.54, 1.807) is 0 Å². The Hall–Kier alpha value is 0.310. The van der Waals surface area contributed by atoms with Gasteiger partial charge in [-0.05, 0) is 49.0 Å². The van der Waals surface area contributed by atoms with Crippen LogP contribution < -0.4 is 0 Å². The van der Waals surface area contributed by atoms with Crippen LogP contribution in [-0.2, 0) is 0 Å². The Morgan fingerprint density at radius 1 is 1.33 bits per heavy atom. The summed E-state index contributed by atoms with van der Waals surface area (Å²) in [5.74, 6) is 4.11. The summed E-state index contributed by atoms with van der Waals surface area (Å²) < 4.78 is 0. The van der Waals surface area contributed by atoms with E-state index in [1.165, 1.54) is 37.2 Å². The molecule has 15 heavy (non-hydrogen) atoms. The highest BCUT2D eigenvalue weighted by Crippen LogP contribution is 2.28. The van der Waals surface area contributed by atoms with Crippen molar-refractivity contribution in [2.24, 2.45) is 11.8 Å². The lowest BCUT2D eigenvalue weighted by molar-refractivity contribution is 0.112. The Kier molecular flexibility index (Phi) is 6.74. The van der Waals surface area contributed by atoms with Gasteiger partial charge in [-0.2, -0.15) is 11.8 Å². The molecule has 1 rings (SSSR count). The van der Waals surface area contributed by atoms with Crippen molar-refractivity contribution in [1.29, 1.82) is 0 Å². The van der Waals surface area contributed by atoms with Gasteiger partial charge in [-0.1, -0.05) is 26.7 Å². The average molecular weight is 230 g/mol. The van der Waals surface area contributed by atoms with Gasteiger partial charge < -0.3 is 5.11 Å². The van der Waals surface area contributed by atoms with Crippen molar-refractivity contribution in [2.75, 3.05) is 11.5 Å². The quantitative estimate of drug-likeness (QED) is 0.750. The smallest absolute Gasteiger partial charge is 0.0545 e. The number of hydrogen-bond donors (Lipinski definition) is 1. The first kappa shape index (κ1) is 13.4. The molecule has 2 heteroatoms. The molecule has 1 aliphatic rings. The van der Waals surface area contributed by atoms with Crippen LogP contribution in [0.25, 0.3) is 0 Å². The maximum absolute atomic E-state index is 9.99. The molecule has 2 atom stereocenters. The van der Waals surface area contributed by atoms with Crippen LogP contribution in [0.15, 0.2) is 0 Å². The Morgan fingerprint density at radius 3 is 2.60 bits per heavy atom. The summed E-state index contributed by atoms with van der Waals surface area (Å²) in [7, 11) is 0. The molecule has 1 nitrogen and oxygen atoms in total. The van der Waals surface area contributed by atoms with Crippen molar-refractivity contribution < 1.29 is 5.11 Å². The topological polar surface area (TPSA) is 20.2 Å². The summed E-state index contributed by atoms with van der Waals surface area (Å²) in [5, 5.41) is 9.99. The van der Waals surface area contributed by atoms with Crippen LogP contribution in [0.2, 0.25) is 0 Å². The van der Waals surface area contributed by atoms with Gasteiger partial charge >= 0.3 is 0 Å². The summed E-state index contributed by atoms with van der Waals surface area (Å²) in [6.07, 6.45) is 7.17. The molecule has 0 radical (unpaired) electrons. The van der Waals surface area contributed by atoms with E-state index < -0.39 is 0 Å². The lowest BCUT2D eigenvalue weighted by Gasteiger charge is -2.25. The number of aliphatic hydroxyl groups is 1. The summed E-state index contributed by atoms with van der Waals surface area (Å²) in [5.41, 5.74) is 0. The van der Waals surface area contributed by atoms with E-state index in [9.17, 15) is 5.11 Å². The van der Waals surface area contributed by atoms with Crippen LogP contribution in [-0.4, -0.2) is 22.7 Å². The molecule has 0 bridgehead atoms. The first-order valence-corrected chi connectivity index (χ1v) is 7.63. The summed E-state index contributed by atoms with van der Waals surface area (Å²) in [6, 6.07) is 0. The third-order valence-corrected chi connectivity index (χ3v) is 4.45. The Labute approximate surface area is 99.0 Å². The normalized spacial score (nSPS) is 22.6. The lowest BCUT2D eigenvalue weighted by atomic mass is 9.90. The van der Waals surface area contributed by atoms with E-state index in [-0.39, 0.29) is 6.10 Å². The SMILES string of the molecule is CCCC(C)CC(O)CC1CCSCC1. The average Bonchev–Trinajstić information content (AvgIpc) is 2.19. The molecular formula is C13H26OS. The molecule has 0 amide bonds. The second kappa shape index (κ2) is 7.56. The van der Waals surface area contributed by atoms with Crippen LogP contribution in [0.5, 0.6) is 0 Å². The fraction of sp³-hybridized carbons (Fsp3) is 1.00. The van der Waals surface area contributed by atoms with Gasteiger partial charge in [-0.25, -0.2) is 0 Å². The number of aliphatic hydroxyl groups excluding tert-OH is 1. The largest absolute Gasteiger partial charge is 0.393 e. The van der Waals surface area contributed by atoms with Gasteiger partial charge in [-0.3, -0.25) is 0 Å². The molecule has 0 aliphatic carbocycles. The molecule has 0 spiro atoms. The zero-order valence-electron chi connectivity index (χ0n) is 10.2. The predicted octanol–water partition coefficient (Wildman–Crippen LogP) is 3.71. The zero-order chi connectivity index (χ0) is 11.1. The van der Waals surface area contributed by atoms with E-state index in [0.29, 0.717) is 5.92 Å². The van der Waals surface area contributed by atoms with Crippen LogP contribution in [0.1, 0.15) is 52.4 Å². The van der Waals surface area contributed by atoms with Crippen molar-refractivity contribution in [3.05, 3.63) is 0 Å². The number of thioether (sulfide) groups is 1. The molecular weight excluding hydrogens is 204 g/mol. The predicted molar refractivity (Wildman–Crippen MR) is 69.4 cm³/mol. The zero-order valence-corrected chi connectivity index (χ0v) is 11.1. The molecule has 0 saturated carbocycles. The monoisotopic (exact) mass is 230 g/mol. The third-order valence-electron chi connectivity index (χ3n) is 3.40. The third kappa shape index (κ3) is 5.82. The summed E-state index contributed by atoms with van der Waals surface area (Å²) in [4.78, 5) is 0. The fourth-order valence-corrected chi connectivity index (χ4v) is 3.74. The van der Waals surface area contributed by atoms with Gasteiger partial charge in [-0.15, -0.1) is 0 Å². The Bertz CT molecular complexity index is 155. The molecule has 1 heterocycles. The van der Waals surface area contributed by atoms with E-state index in [4.69, 9.17) is 0 Å². The Morgan fingerprint density at radius 2 is 2.00 bits per heavy atom. The van der Waals surface area contributed by atoms with Gasteiger partial charge in [0.25, 0.3) is 0 Å². The molecule has 0 aromatic carbocycles. The molecule has 1 N–H and O–H groups in total. The molecule has 0 aromatic heterocycles. The van der Waals surface area contributed by atoms with Gasteiger partial charge in [0.1, 0.15) is 0 Å². The number of hydrogen-bond acceptors (Lipinski definition) is 2. The Balaban J connectivity index is 2.13. The fourth-order valence-electron chi connectivity index (χ4n) is 2.54.